The van der Waals surface area contributed by atoms with Gasteiger partial charge in [0, 0.05) is 22.7 Å². The Morgan fingerprint density at radius 1 is 1.29 bits per heavy atom. The maximum absolute atomic E-state index is 11.9. The first kappa shape index (κ1) is 16.6. The second kappa shape index (κ2) is 6.34. The fourth-order valence-electron chi connectivity index (χ4n) is 1.67. The Morgan fingerprint density at radius 3 is 2.43 bits per heavy atom. The molecule has 2 amide bonds. The highest BCUT2D eigenvalue weighted by atomic mass is 16.6. The number of hydrogen-bond donors (Lipinski definition) is 2. The van der Waals surface area contributed by atoms with Crippen molar-refractivity contribution in [3.63, 3.8) is 0 Å². The first-order chi connectivity index (χ1) is 9.60. The molecule has 21 heavy (non-hydrogen) atoms. The molecule has 1 rings (SSSR count). The highest BCUT2D eigenvalue weighted by Gasteiger charge is 2.17. The van der Waals surface area contributed by atoms with Gasteiger partial charge in [-0.25, -0.2) is 0 Å². The predicted octanol–water partition coefficient (Wildman–Crippen LogP) is 1.55. The zero-order chi connectivity index (χ0) is 16.2. The number of rotatable bonds is 4. The van der Waals surface area contributed by atoms with Gasteiger partial charge in [-0.2, -0.15) is 0 Å². The molecule has 0 heterocycles. The summed E-state index contributed by atoms with van der Waals surface area (Å²) in [5.41, 5.74) is 0.115. The predicted molar refractivity (Wildman–Crippen MR) is 78.1 cm³/mol. The number of hydrogen-bond acceptors (Lipinski definition) is 4. The fourth-order valence-corrected chi connectivity index (χ4v) is 1.67. The molecule has 0 spiro atoms. The number of amides is 2. The van der Waals surface area contributed by atoms with Crippen molar-refractivity contribution in [2.75, 3.05) is 6.54 Å². The maximum atomic E-state index is 11.9. The van der Waals surface area contributed by atoms with E-state index < -0.39 is 10.8 Å². The van der Waals surface area contributed by atoms with Crippen molar-refractivity contribution in [3.05, 3.63) is 39.4 Å². The average Bonchev–Trinajstić information content (AvgIpc) is 2.34. The van der Waals surface area contributed by atoms with E-state index in [4.69, 9.17) is 0 Å². The molecule has 0 aliphatic heterocycles. The minimum Gasteiger partial charge on any atom is -0.350 e. The second-order valence-electron chi connectivity index (χ2n) is 5.74. The Balaban J connectivity index is 2.71. The topological polar surface area (TPSA) is 101 Å². The number of carbonyl (C=O) groups excluding carboxylic acids is 2. The molecule has 0 saturated carbocycles. The van der Waals surface area contributed by atoms with E-state index >= 15 is 0 Å². The highest BCUT2D eigenvalue weighted by Crippen LogP contribution is 2.19. The van der Waals surface area contributed by atoms with Crippen LogP contribution in [0.3, 0.4) is 0 Å². The third-order valence-corrected chi connectivity index (χ3v) is 2.59. The van der Waals surface area contributed by atoms with Gasteiger partial charge < -0.3 is 10.6 Å². The van der Waals surface area contributed by atoms with Gasteiger partial charge in [-0.3, -0.25) is 19.7 Å². The fraction of sp³-hybridized carbons (Fsp3) is 0.429. The minimum atomic E-state index is -0.543. The number of nitro benzene ring substituents is 1. The summed E-state index contributed by atoms with van der Waals surface area (Å²) in [6.45, 7) is 6.90. The summed E-state index contributed by atoms with van der Waals surface area (Å²) in [5, 5.41) is 16.0. The normalized spacial score (nSPS) is 10.9. The molecule has 0 unspecified atom stereocenters. The van der Waals surface area contributed by atoms with Crippen LogP contribution in [0.15, 0.2) is 18.2 Å². The van der Waals surface area contributed by atoms with E-state index in [-0.39, 0.29) is 29.2 Å². The van der Waals surface area contributed by atoms with Gasteiger partial charge in [0.25, 0.3) is 11.6 Å². The van der Waals surface area contributed by atoms with Crippen molar-refractivity contribution in [2.45, 2.75) is 33.2 Å². The quantitative estimate of drug-likeness (QED) is 0.649. The number of benzene rings is 1. The van der Waals surface area contributed by atoms with Gasteiger partial charge in [0.05, 0.1) is 11.5 Å². The summed E-state index contributed by atoms with van der Waals surface area (Å²) in [5.74, 6) is -0.848. The molecular formula is C14H19N3O4. The lowest BCUT2D eigenvalue weighted by atomic mass is 10.1. The van der Waals surface area contributed by atoms with Crippen LogP contribution in [0.5, 0.6) is 0 Å². The summed E-state index contributed by atoms with van der Waals surface area (Å²) in [7, 11) is 0. The highest BCUT2D eigenvalue weighted by molar-refractivity contribution is 5.97. The van der Waals surface area contributed by atoms with E-state index in [0.717, 1.165) is 0 Å². The molecule has 0 aliphatic carbocycles. The maximum Gasteiger partial charge on any atom is 0.273 e. The van der Waals surface area contributed by atoms with Crippen molar-refractivity contribution in [3.8, 4) is 0 Å². The molecule has 0 saturated heterocycles. The molecule has 0 aliphatic rings. The van der Waals surface area contributed by atoms with Gasteiger partial charge in [-0.1, -0.05) is 6.07 Å². The van der Waals surface area contributed by atoms with Crippen LogP contribution in [0.1, 0.15) is 36.7 Å². The lowest BCUT2D eigenvalue weighted by Gasteiger charge is -2.20. The molecule has 0 bridgehead atoms. The molecule has 0 aromatic heterocycles. The largest absolute Gasteiger partial charge is 0.350 e. The molecule has 7 heteroatoms. The number of carbonyl (C=O) groups is 2. The lowest BCUT2D eigenvalue weighted by Crippen LogP contribution is -2.45. The third kappa shape index (κ3) is 5.21. The standard InChI is InChI=1S/C14H19N3O4/c1-9-5-6-10(7-11(9)17(20)21)13(19)15-8-12(18)16-14(2,3)4/h5-7H,8H2,1-4H3,(H,15,19)(H,16,18). The van der Waals surface area contributed by atoms with Crippen LogP contribution in [-0.4, -0.2) is 28.8 Å². The molecule has 0 radical (unpaired) electrons. The van der Waals surface area contributed by atoms with Crippen LogP contribution >= 0.6 is 0 Å². The Hall–Kier alpha value is -2.44. The SMILES string of the molecule is Cc1ccc(C(=O)NCC(=O)NC(C)(C)C)cc1[N+](=O)[O-]. The van der Waals surface area contributed by atoms with E-state index in [1.165, 1.54) is 18.2 Å². The van der Waals surface area contributed by atoms with Crippen LogP contribution in [0.4, 0.5) is 5.69 Å². The Kier molecular flexibility index (Phi) is 5.02. The van der Waals surface area contributed by atoms with E-state index in [9.17, 15) is 19.7 Å². The van der Waals surface area contributed by atoms with Gasteiger partial charge in [-0.15, -0.1) is 0 Å². The molecule has 2 N–H and O–H groups in total. The minimum absolute atomic E-state index is 0.123. The van der Waals surface area contributed by atoms with Crippen LogP contribution in [-0.2, 0) is 4.79 Å². The zero-order valence-corrected chi connectivity index (χ0v) is 12.5. The first-order valence-electron chi connectivity index (χ1n) is 6.44. The summed E-state index contributed by atoms with van der Waals surface area (Å²) in [6.07, 6.45) is 0. The summed E-state index contributed by atoms with van der Waals surface area (Å²) in [4.78, 5) is 33.8. The van der Waals surface area contributed by atoms with Gasteiger partial charge in [-0.05, 0) is 33.8 Å². The molecule has 114 valence electrons. The Bertz CT molecular complexity index is 576. The zero-order valence-electron chi connectivity index (χ0n) is 12.5. The molecule has 0 atom stereocenters. The number of aryl methyl sites for hydroxylation is 1. The summed E-state index contributed by atoms with van der Waals surface area (Å²) >= 11 is 0. The molecule has 1 aromatic carbocycles. The van der Waals surface area contributed by atoms with Gasteiger partial charge in [0.1, 0.15) is 0 Å². The first-order valence-corrected chi connectivity index (χ1v) is 6.44. The van der Waals surface area contributed by atoms with E-state index in [1.54, 1.807) is 6.92 Å². The van der Waals surface area contributed by atoms with Crippen molar-refractivity contribution in [1.29, 1.82) is 0 Å². The summed E-state index contributed by atoms with van der Waals surface area (Å²) < 4.78 is 0. The average molecular weight is 293 g/mol. The third-order valence-electron chi connectivity index (χ3n) is 2.59. The Labute approximate surface area is 122 Å². The van der Waals surface area contributed by atoms with Crippen LogP contribution in [0.2, 0.25) is 0 Å². The molecular weight excluding hydrogens is 274 g/mol. The molecule has 0 fully saturated rings. The van der Waals surface area contributed by atoms with Crippen molar-refractivity contribution in [2.24, 2.45) is 0 Å². The van der Waals surface area contributed by atoms with Gasteiger partial charge in [0.2, 0.25) is 5.91 Å². The smallest absolute Gasteiger partial charge is 0.273 e. The molecule has 7 nitrogen and oxygen atoms in total. The number of nitrogens with one attached hydrogen (secondary N) is 2. The molecule has 1 aromatic rings. The second-order valence-corrected chi connectivity index (χ2v) is 5.74. The van der Waals surface area contributed by atoms with Crippen LogP contribution in [0.25, 0.3) is 0 Å². The van der Waals surface area contributed by atoms with Crippen LogP contribution < -0.4 is 10.6 Å². The van der Waals surface area contributed by atoms with Gasteiger partial charge >= 0.3 is 0 Å². The number of nitrogens with zero attached hydrogens (tertiary/aromatic N) is 1. The van der Waals surface area contributed by atoms with Gasteiger partial charge in [0.15, 0.2) is 0 Å². The summed E-state index contributed by atoms with van der Waals surface area (Å²) in [6, 6.07) is 4.19. The van der Waals surface area contributed by atoms with E-state index in [1.807, 2.05) is 20.8 Å². The number of nitro groups is 1. The lowest BCUT2D eigenvalue weighted by molar-refractivity contribution is -0.385. The van der Waals surface area contributed by atoms with E-state index in [0.29, 0.717) is 5.56 Å². The van der Waals surface area contributed by atoms with Crippen molar-refractivity contribution >= 4 is 17.5 Å². The van der Waals surface area contributed by atoms with Crippen molar-refractivity contribution < 1.29 is 14.5 Å². The van der Waals surface area contributed by atoms with Crippen molar-refractivity contribution in [1.82, 2.24) is 10.6 Å². The van der Waals surface area contributed by atoms with Crippen LogP contribution in [0, 0.1) is 17.0 Å². The Morgan fingerprint density at radius 2 is 1.90 bits per heavy atom. The monoisotopic (exact) mass is 293 g/mol. The van der Waals surface area contributed by atoms with E-state index in [2.05, 4.69) is 10.6 Å².